The SMILES string of the molecule is CCn1cc(-c2ccc(C(=O)N3CCC[C@@H]3c3ccccc3)cc2)c(C)n1. The molecule has 138 valence electrons. The predicted octanol–water partition coefficient (Wildman–Crippen LogP) is 4.86. The monoisotopic (exact) mass is 359 g/mol. The summed E-state index contributed by atoms with van der Waals surface area (Å²) in [4.78, 5) is 15.1. The topological polar surface area (TPSA) is 38.1 Å². The highest BCUT2D eigenvalue weighted by molar-refractivity contribution is 5.95. The van der Waals surface area contributed by atoms with Crippen LogP contribution in [0.4, 0.5) is 0 Å². The zero-order valence-corrected chi connectivity index (χ0v) is 15.9. The third kappa shape index (κ3) is 3.39. The van der Waals surface area contributed by atoms with E-state index in [4.69, 9.17) is 0 Å². The van der Waals surface area contributed by atoms with Crippen molar-refractivity contribution in [2.45, 2.75) is 39.3 Å². The van der Waals surface area contributed by atoms with Gasteiger partial charge < -0.3 is 4.90 Å². The van der Waals surface area contributed by atoms with E-state index in [1.165, 1.54) is 5.56 Å². The summed E-state index contributed by atoms with van der Waals surface area (Å²) >= 11 is 0. The van der Waals surface area contributed by atoms with E-state index in [0.717, 1.165) is 48.3 Å². The molecule has 4 heteroatoms. The number of benzene rings is 2. The van der Waals surface area contributed by atoms with E-state index in [2.05, 4.69) is 30.4 Å². The highest BCUT2D eigenvalue weighted by Crippen LogP contribution is 2.33. The van der Waals surface area contributed by atoms with Gasteiger partial charge in [0.25, 0.3) is 5.91 Å². The smallest absolute Gasteiger partial charge is 0.254 e. The maximum atomic E-state index is 13.1. The third-order valence-electron chi connectivity index (χ3n) is 5.41. The summed E-state index contributed by atoms with van der Waals surface area (Å²) in [6.07, 6.45) is 4.15. The van der Waals surface area contributed by atoms with E-state index in [9.17, 15) is 4.79 Å². The zero-order chi connectivity index (χ0) is 18.8. The van der Waals surface area contributed by atoms with Crippen molar-refractivity contribution >= 4 is 5.91 Å². The fraction of sp³-hybridized carbons (Fsp3) is 0.304. The average Bonchev–Trinajstić information content (AvgIpc) is 3.35. The van der Waals surface area contributed by atoms with Crippen LogP contribution in [0.5, 0.6) is 0 Å². The Bertz CT molecular complexity index is 928. The fourth-order valence-electron chi connectivity index (χ4n) is 3.95. The zero-order valence-electron chi connectivity index (χ0n) is 15.9. The number of aryl methyl sites for hydroxylation is 2. The molecule has 4 nitrogen and oxygen atoms in total. The molecule has 2 heterocycles. The Morgan fingerprint density at radius 1 is 1.11 bits per heavy atom. The van der Waals surface area contributed by atoms with E-state index in [-0.39, 0.29) is 11.9 Å². The first-order valence-corrected chi connectivity index (χ1v) is 9.67. The van der Waals surface area contributed by atoms with Gasteiger partial charge in [0.05, 0.1) is 11.7 Å². The maximum absolute atomic E-state index is 13.1. The molecule has 3 aromatic rings. The molecule has 1 amide bonds. The van der Waals surface area contributed by atoms with Crippen LogP contribution >= 0.6 is 0 Å². The lowest BCUT2D eigenvalue weighted by Crippen LogP contribution is -2.30. The van der Waals surface area contributed by atoms with E-state index < -0.39 is 0 Å². The molecule has 0 N–H and O–H groups in total. The van der Waals surface area contributed by atoms with Crippen LogP contribution in [0.25, 0.3) is 11.1 Å². The Balaban J connectivity index is 1.56. The summed E-state index contributed by atoms with van der Waals surface area (Å²) in [7, 11) is 0. The molecule has 1 saturated heterocycles. The summed E-state index contributed by atoms with van der Waals surface area (Å²) in [5.41, 5.74) is 5.22. The first-order valence-electron chi connectivity index (χ1n) is 9.67. The molecule has 1 aliphatic rings. The van der Waals surface area contributed by atoms with Gasteiger partial charge in [-0.2, -0.15) is 5.10 Å². The number of nitrogens with zero attached hydrogens (tertiary/aromatic N) is 3. The summed E-state index contributed by atoms with van der Waals surface area (Å²) < 4.78 is 1.94. The van der Waals surface area contributed by atoms with Gasteiger partial charge >= 0.3 is 0 Å². The number of rotatable bonds is 4. The summed E-state index contributed by atoms with van der Waals surface area (Å²) in [6.45, 7) is 5.78. The lowest BCUT2D eigenvalue weighted by molar-refractivity contribution is 0.0735. The quantitative estimate of drug-likeness (QED) is 0.667. The summed E-state index contributed by atoms with van der Waals surface area (Å²) in [5.74, 6) is 0.119. The standard InChI is InChI=1S/C23H25N3O/c1-3-25-16-21(17(2)24-25)18-11-13-20(14-12-18)23(27)26-15-7-10-22(26)19-8-5-4-6-9-19/h4-6,8-9,11-14,16,22H,3,7,10,15H2,1-2H3/t22-/m1/s1. The number of likely N-dealkylation sites (tertiary alicyclic amines) is 1. The summed E-state index contributed by atoms with van der Waals surface area (Å²) in [5, 5.41) is 4.51. The number of hydrogen-bond acceptors (Lipinski definition) is 2. The molecule has 27 heavy (non-hydrogen) atoms. The molecule has 2 aromatic carbocycles. The van der Waals surface area contributed by atoms with Crippen molar-refractivity contribution in [3.8, 4) is 11.1 Å². The first-order chi connectivity index (χ1) is 13.2. The lowest BCUT2D eigenvalue weighted by Gasteiger charge is -2.25. The minimum Gasteiger partial charge on any atom is -0.332 e. The van der Waals surface area contributed by atoms with Crippen molar-refractivity contribution in [1.82, 2.24) is 14.7 Å². The van der Waals surface area contributed by atoms with Crippen molar-refractivity contribution in [2.75, 3.05) is 6.54 Å². The molecule has 1 fully saturated rings. The molecule has 1 aliphatic heterocycles. The second-order valence-corrected chi connectivity index (χ2v) is 7.13. The number of carbonyl (C=O) groups is 1. The second kappa shape index (κ2) is 7.39. The van der Waals surface area contributed by atoms with Gasteiger partial charge in [-0.3, -0.25) is 9.48 Å². The Kier molecular flexibility index (Phi) is 4.80. The molecular weight excluding hydrogens is 334 g/mol. The number of carbonyl (C=O) groups excluding carboxylic acids is 1. The van der Waals surface area contributed by atoms with Gasteiger partial charge in [-0.05, 0) is 49.9 Å². The van der Waals surface area contributed by atoms with Crippen LogP contribution in [0.15, 0.2) is 60.8 Å². The predicted molar refractivity (Wildman–Crippen MR) is 108 cm³/mol. The van der Waals surface area contributed by atoms with Crippen molar-refractivity contribution in [1.29, 1.82) is 0 Å². The van der Waals surface area contributed by atoms with Crippen LogP contribution in [0, 0.1) is 6.92 Å². The molecule has 4 rings (SSSR count). The Morgan fingerprint density at radius 2 is 1.85 bits per heavy atom. The minimum absolute atomic E-state index is 0.119. The number of hydrogen-bond donors (Lipinski definition) is 0. The van der Waals surface area contributed by atoms with Gasteiger partial charge in [0, 0.05) is 30.4 Å². The van der Waals surface area contributed by atoms with Crippen LogP contribution in [0.2, 0.25) is 0 Å². The van der Waals surface area contributed by atoms with Gasteiger partial charge in [0.15, 0.2) is 0 Å². The Hall–Kier alpha value is -2.88. The number of aromatic nitrogens is 2. The molecule has 0 radical (unpaired) electrons. The van der Waals surface area contributed by atoms with Crippen LogP contribution in [0.3, 0.4) is 0 Å². The molecule has 0 aliphatic carbocycles. The molecule has 1 atom stereocenters. The fourth-order valence-corrected chi connectivity index (χ4v) is 3.95. The first kappa shape index (κ1) is 17.5. The van der Waals surface area contributed by atoms with Crippen molar-refractivity contribution in [2.24, 2.45) is 0 Å². The Labute approximate surface area is 160 Å². The molecule has 0 saturated carbocycles. The van der Waals surface area contributed by atoms with Crippen LogP contribution in [0.1, 0.15) is 47.4 Å². The lowest BCUT2D eigenvalue weighted by atomic mass is 10.0. The number of amides is 1. The largest absolute Gasteiger partial charge is 0.332 e. The van der Waals surface area contributed by atoms with Gasteiger partial charge in [0.2, 0.25) is 0 Å². The van der Waals surface area contributed by atoms with Gasteiger partial charge in [0.1, 0.15) is 0 Å². The highest BCUT2D eigenvalue weighted by Gasteiger charge is 2.30. The van der Waals surface area contributed by atoms with Crippen LogP contribution in [-0.4, -0.2) is 27.1 Å². The van der Waals surface area contributed by atoms with E-state index in [1.54, 1.807) is 0 Å². The minimum atomic E-state index is 0.119. The van der Waals surface area contributed by atoms with Crippen molar-refractivity contribution < 1.29 is 4.79 Å². The molecule has 0 unspecified atom stereocenters. The Morgan fingerprint density at radius 3 is 2.52 bits per heavy atom. The van der Waals surface area contributed by atoms with Crippen molar-refractivity contribution in [3.05, 3.63) is 77.6 Å². The van der Waals surface area contributed by atoms with Crippen LogP contribution in [-0.2, 0) is 6.54 Å². The molecule has 0 spiro atoms. The maximum Gasteiger partial charge on any atom is 0.254 e. The van der Waals surface area contributed by atoms with Gasteiger partial charge in [-0.15, -0.1) is 0 Å². The van der Waals surface area contributed by atoms with E-state index in [1.807, 2.05) is 59.0 Å². The molecule has 1 aromatic heterocycles. The van der Waals surface area contributed by atoms with Crippen LogP contribution < -0.4 is 0 Å². The van der Waals surface area contributed by atoms with Crippen molar-refractivity contribution in [3.63, 3.8) is 0 Å². The third-order valence-corrected chi connectivity index (χ3v) is 5.41. The normalized spacial score (nSPS) is 16.7. The van der Waals surface area contributed by atoms with Gasteiger partial charge in [-0.25, -0.2) is 0 Å². The second-order valence-electron chi connectivity index (χ2n) is 7.13. The summed E-state index contributed by atoms with van der Waals surface area (Å²) in [6, 6.07) is 18.5. The average molecular weight is 359 g/mol. The van der Waals surface area contributed by atoms with E-state index >= 15 is 0 Å². The van der Waals surface area contributed by atoms with Gasteiger partial charge in [-0.1, -0.05) is 42.5 Å². The molecular formula is C23H25N3O. The van der Waals surface area contributed by atoms with E-state index in [0.29, 0.717) is 0 Å². The molecule has 0 bridgehead atoms. The highest BCUT2D eigenvalue weighted by atomic mass is 16.2.